The molecule has 0 radical (unpaired) electrons. The van der Waals surface area contributed by atoms with Crippen LogP contribution in [0.1, 0.15) is 31.4 Å². The van der Waals surface area contributed by atoms with Crippen molar-refractivity contribution < 1.29 is 0 Å². The van der Waals surface area contributed by atoms with E-state index in [2.05, 4.69) is 70.5 Å². The summed E-state index contributed by atoms with van der Waals surface area (Å²) in [6, 6.07) is 6.94. The minimum Gasteiger partial charge on any atom is -0.357 e. The summed E-state index contributed by atoms with van der Waals surface area (Å²) < 4.78 is 1.12. The molecular weight excluding hydrogens is 429 g/mol. The first-order valence-corrected chi connectivity index (χ1v) is 7.69. The van der Waals surface area contributed by atoms with Crippen LogP contribution in [0.2, 0.25) is 0 Å². The van der Waals surface area contributed by atoms with Gasteiger partial charge in [-0.3, -0.25) is 0 Å². The van der Waals surface area contributed by atoms with Gasteiger partial charge in [-0.1, -0.05) is 28.9 Å². The van der Waals surface area contributed by atoms with Crippen LogP contribution in [0.4, 0.5) is 0 Å². The van der Waals surface area contributed by atoms with E-state index in [-0.39, 0.29) is 24.0 Å². The molecule has 2 atom stereocenters. The predicted octanol–water partition coefficient (Wildman–Crippen LogP) is 3.84. The van der Waals surface area contributed by atoms with Crippen LogP contribution in [0.15, 0.2) is 27.7 Å². The SMILES string of the molecule is CCNC(=NCc1ccc(Br)cc1C)NC1CC1C.I. The summed E-state index contributed by atoms with van der Waals surface area (Å²) >= 11 is 3.49. The van der Waals surface area contributed by atoms with Gasteiger partial charge in [0.05, 0.1) is 6.54 Å². The maximum Gasteiger partial charge on any atom is 0.191 e. The molecular formula is C15H23BrIN3. The second-order valence-corrected chi connectivity index (χ2v) is 6.15. The molecule has 0 aliphatic heterocycles. The van der Waals surface area contributed by atoms with Crippen molar-refractivity contribution >= 4 is 45.9 Å². The second kappa shape index (κ2) is 8.22. The Balaban J connectivity index is 0.00000200. The third kappa shape index (κ3) is 5.24. The number of hydrogen-bond acceptors (Lipinski definition) is 1. The number of hydrogen-bond donors (Lipinski definition) is 2. The van der Waals surface area contributed by atoms with Gasteiger partial charge in [-0.2, -0.15) is 0 Å². The Morgan fingerprint density at radius 2 is 2.15 bits per heavy atom. The summed E-state index contributed by atoms with van der Waals surface area (Å²) in [5.74, 6) is 1.71. The van der Waals surface area contributed by atoms with Crippen LogP contribution in [0.3, 0.4) is 0 Å². The molecule has 0 amide bonds. The van der Waals surface area contributed by atoms with E-state index in [1.807, 2.05) is 0 Å². The Labute approximate surface area is 147 Å². The van der Waals surface area contributed by atoms with Gasteiger partial charge < -0.3 is 10.6 Å². The predicted molar refractivity (Wildman–Crippen MR) is 99.8 cm³/mol. The van der Waals surface area contributed by atoms with Gasteiger partial charge in [0.15, 0.2) is 5.96 Å². The molecule has 112 valence electrons. The Bertz CT molecular complexity index is 476. The minimum absolute atomic E-state index is 0. The number of halogens is 2. The maximum atomic E-state index is 4.67. The van der Waals surface area contributed by atoms with E-state index in [0.717, 1.165) is 29.4 Å². The first-order valence-electron chi connectivity index (χ1n) is 6.90. The van der Waals surface area contributed by atoms with E-state index >= 15 is 0 Å². The highest BCUT2D eigenvalue weighted by Gasteiger charge is 2.33. The normalized spacial score (nSPS) is 21.1. The summed E-state index contributed by atoms with van der Waals surface area (Å²) in [5.41, 5.74) is 2.54. The average molecular weight is 452 g/mol. The fraction of sp³-hybridized carbons (Fsp3) is 0.533. The molecule has 1 aliphatic carbocycles. The van der Waals surface area contributed by atoms with Crippen molar-refractivity contribution in [2.24, 2.45) is 10.9 Å². The molecule has 1 aromatic rings. The third-order valence-corrected chi connectivity index (χ3v) is 3.98. The van der Waals surface area contributed by atoms with Crippen LogP contribution in [0.25, 0.3) is 0 Å². The van der Waals surface area contributed by atoms with Crippen LogP contribution >= 0.6 is 39.9 Å². The van der Waals surface area contributed by atoms with Gasteiger partial charge in [0.1, 0.15) is 0 Å². The van der Waals surface area contributed by atoms with Crippen LogP contribution in [0.5, 0.6) is 0 Å². The maximum absolute atomic E-state index is 4.67. The molecule has 2 unspecified atom stereocenters. The smallest absolute Gasteiger partial charge is 0.191 e. The lowest BCUT2D eigenvalue weighted by Gasteiger charge is -2.11. The molecule has 0 bridgehead atoms. The number of nitrogens with zero attached hydrogens (tertiary/aromatic N) is 1. The standard InChI is InChI=1S/C15H22BrN3.HI/c1-4-17-15(19-14-8-11(14)3)18-9-12-5-6-13(16)7-10(12)2;/h5-7,11,14H,4,8-9H2,1-3H3,(H2,17,18,19);1H. The van der Waals surface area contributed by atoms with E-state index in [1.165, 1.54) is 17.5 Å². The second-order valence-electron chi connectivity index (χ2n) is 5.23. The fourth-order valence-electron chi connectivity index (χ4n) is 2.02. The van der Waals surface area contributed by atoms with Gasteiger partial charge in [0.25, 0.3) is 0 Å². The first kappa shape index (κ1) is 17.8. The largest absolute Gasteiger partial charge is 0.357 e. The number of rotatable bonds is 4. The summed E-state index contributed by atoms with van der Waals surface area (Å²) in [5, 5.41) is 6.78. The van der Waals surface area contributed by atoms with Crippen LogP contribution < -0.4 is 10.6 Å². The fourth-order valence-corrected chi connectivity index (χ4v) is 2.50. The zero-order valence-corrected chi connectivity index (χ0v) is 16.2. The first-order chi connectivity index (χ1) is 9.10. The van der Waals surface area contributed by atoms with Crippen LogP contribution in [-0.2, 0) is 6.54 Å². The van der Waals surface area contributed by atoms with Gasteiger partial charge in [0.2, 0.25) is 0 Å². The Hall–Kier alpha value is -0.300. The molecule has 1 fully saturated rings. The molecule has 20 heavy (non-hydrogen) atoms. The molecule has 1 saturated carbocycles. The third-order valence-electron chi connectivity index (χ3n) is 3.49. The van der Waals surface area contributed by atoms with E-state index in [1.54, 1.807) is 0 Å². The van der Waals surface area contributed by atoms with Gasteiger partial charge in [-0.15, -0.1) is 24.0 Å². The van der Waals surface area contributed by atoms with Crippen molar-refractivity contribution in [2.75, 3.05) is 6.54 Å². The molecule has 3 nitrogen and oxygen atoms in total. The zero-order valence-electron chi connectivity index (χ0n) is 12.2. The molecule has 0 saturated heterocycles. The van der Waals surface area contributed by atoms with Crippen molar-refractivity contribution in [2.45, 2.75) is 39.8 Å². The highest BCUT2D eigenvalue weighted by Crippen LogP contribution is 2.28. The lowest BCUT2D eigenvalue weighted by Crippen LogP contribution is -2.39. The molecule has 1 aromatic carbocycles. The highest BCUT2D eigenvalue weighted by molar-refractivity contribution is 14.0. The van der Waals surface area contributed by atoms with Gasteiger partial charge in [-0.25, -0.2) is 4.99 Å². The molecule has 2 N–H and O–H groups in total. The molecule has 0 heterocycles. The summed E-state index contributed by atoms with van der Waals surface area (Å²) in [7, 11) is 0. The van der Waals surface area contributed by atoms with Crippen molar-refractivity contribution in [1.82, 2.24) is 10.6 Å². The van der Waals surface area contributed by atoms with Crippen molar-refractivity contribution in [3.63, 3.8) is 0 Å². The molecule has 5 heteroatoms. The molecule has 2 rings (SSSR count). The van der Waals surface area contributed by atoms with Crippen LogP contribution in [-0.4, -0.2) is 18.5 Å². The molecule has 1 aliphatic rings. The quantitative estimate of drug-likeness (QED) is 0.414. The number of benzene rings is 1. The molecule has 0 aromatic heterocycles. The van der Waals surface area contributed by atoms with Crippen molar-refractivity contribution in [1.29, 1.82) is 0 Å². The summed E-state index contributed by atoms with van der Waals surface area (Å²) in [4.78, 5) is 4.67. The minimum atomic E-state index is 0. The summed E-state index contributed by atoms with van der Waals surface area (Å²) in [6.07, 6.45) is 1.25. The van der Waals surface area contributed by atoms with Crippen molar-refractivity contribution in [3.8, 4) is 0 Å². The summed E-state index contributed by atoms with van der Waals surface area (Å²) in [6.45, 7) is 8.10. The van der Waals surface area contributed by atoms with Crippen molar-refractivity contribution in [3.05, 3.63) is 33.8 Å². The van der Waals surface area contributed by atoms with E-state index in [0.29, 0.717) is 6.04 Å². The van der Waals surface area contributed by atoms with E-state index < -0.39 is 0 Å². The lowest BCUT2D eigenvalue weighted by molar-refractivity contribution is 0.766. The Morgan fingerprint density at radius 3 is 2.70 bits per heavy atom. The number of aryl methyl sites for hydroxylation is 1. The number of nitrogens with one attached hydrogen (secondary N) is 2. The average Bonchev–Trinajstić information content (AvgIpc) is 3.04. The van der Waals surface area contributed by atoms with Crippen LogP contribution in [0, 0.1) is 12.8 Å². The molecule has 0 spiro atoms. The van der Waals surface area contributed by atoms with Gasteiger partial charge in [-0.05, 0) is 49.4 Å². The number of aliphatic imine (C=N–C) groups is 1. The van der Waals surface area contributed by atoms with Gasteiger partial charge in [0, 0.05) is 17.1 Å². The highest BCUT2D eigenvalue weighted by atomic mass is 127. The number of guanidine groups is 1. The topological polar surface area (TPSA) is 36.4 Å². The Kier molecular flexibility index (Phi) is 7.29. The lowest BCUT2D eigenvalue weighted by atomic mass is 10.1. The van der Waals surface area contributed by atoms with E-state index in [4.69, 9.17) is 0 Å². The Morgan fingerprint density at radius 1 is 1.45 bits per heavy atom. The van der Waals surface area contributed by atoms with E-state index in [9.17, 15) is 0 Å². The van der Waals surface area contributed by atoms with Gasteiger partial charge >= 0.3 is 0 Å². The monoisotopic (exact) mass is 451 g/mol. The zero-order chi connectivity index (χ0) is 13.8.